The van der Waals surface area contributed by atoms with Crippen LogP contribution in [0.1, 0.15) is 41.1 Å². The van der Waals surface area contributed by atoms with Crippen molar-refractivity contribution in [1.82, 2.24) is 24.8 Å². The molecule has 1 aliphatic carbocycles. The molecule has 1 unspecified atom stereocenters. The van der Waals surface area contributed by atoms with Crippen molar-refractivity contribution in [1.29, 1.82) is 0 Å². The summed E-state index contributed by atoms with van der Waals surface area (Å²) in [5, 5.41) is 6.11. The summed E-state index contributed by atoms with van der Waals surface area (Å²) in [6.07, 6.45) is 13.0. The van der Waals surface area contributed by atoms with Gasteiger partial charge in [0.05, 0.1) is 12.2 Å². The van der Waals surface area contributed by atoms with Gasteiger partial charge < -0.3 is 19.6 Å². The molecule has 2 amide bonds. The van der Waals surface area contributed by atoms with Gasteiger partial charge in [0.1, 0.15) is 11.6 Å². The number of nitrogens with zero attached hydrogens (tertiary/aromatic N) is 4. The number of aromatic nitrogens is 4. The van der Waals surface area contributed by atoms with Crippen molar-refractivity contribution in [2.24, 2.45) is 0 Å². The summed E-state index contributed by atoms with van der Waals surface area (Å²) in [5.41, 5.74) is 1.59. The molecule has 0 aromatic carbocycles. The molecular formula is C23H23ClN6O3. The Morgan fingerprint density at radius 2 is 2.21 bits per heavy atom. The smallest absolute Gasteiger partial charge is 0.273 e. The van der Waals surface area contributed by atoms with Gasteiger partial charge in [-0.2, -0.15) is 0 Å². The number of rotatable bonds is 7. The number of halogens is 1. The molecule has 0 radical (unpaired) electrons. The standard InChI is InChI=1S/C23H23ClN6O3/c1-14-12-27-19(28-15(2)31)11-17(14)23-29-20(21(33-23)16-5-3-4-6-18(16)24)22(32)26-8-10-30-9-7-25-13-30/h3-4,6-7,9,11-13,16H,5,8,10H2,1-2H3,(H,26,32)(H,27,28,31). The Labute approximate surface area is 195 Å². The molecule has 3 aromatic rings. The van der Waals surface area contributed by atoms with Crippen LogP contribution >= 0.6 is 11.6 Å². The lowest BCUT2D eigenvalue weighted by Crippen LogP contribution is -2.28. The lowest BCUT2D eigenvalue weighted by Gasteiger charge is -2.15. The number of carbonyl (C=O) groups is 2. The first kappa shape index (κ1) is 22.5. The Morgan fingerprint density at radius 1 is 1.36 bits per heavy atom. The van der Waals surface area contributed by atoms with Crippen molar-refractivity contribution in [2.45, 2.75) is 32.7 Å². The fourth-order valence-electron chi connectivity index (χ4n) is 3.49. The minimum Gasteiger partial charge on any atom is -0.440 e. The predicted octanol–water partition coefficient (Wildman–Crippen LogP) is 3.80. The summed E-state index contributed by atoms with van der Waals surface area (Å²) in [5.74, 6) is 0.113. The molecule has 2 N–H and O–H groups in total. The highest BCUT2D eigenvalue weighted by Gasteiger charge is 2.29. The molecule has 0 aliphatic heterocycles. The van der Waals surface area contributed by atoms with Crippen LogP contribution in [0.25, 0.3) is 11.5 Å². The number of nitrogens with one attached hydrogen (secondary N) is 2. The summed E-state index contributed by atoms with van der Waals surface area (Å²) in [6, 6.07) is 1.67. The number of imidazole rings is 1. The highest BCUT2D eigenvalue weighted by Crippen LogP contribution is 2.38. The van der Waals surface area contributed by atoms with Gasteiger partial charge in [-0.05, 0) is 31.1 Å². The zero-order valence-electron chi connectivity index (χ0n) is 18.2. The molecule has 1 atom stereocenters. The van der Waals surface area contributed by atoms with Crippen molar-refractivity contribution in [3.8, 4) is 11.5 Å². The Morgan fingerprint density at radius 3 is 2.94 bits per heavy atom. The summed E-state index contributed by atoms with van der Waals surface area (Å²) in [6.45, 7) is 4.22. The predicted molar refractivity (Wildman–Crippen MR) is 124 cm³/mol. The van der Waals surface area contributed by atoms with Crippen molar-refractivity contribution in [3.63, 3.8) is 0 Å². The molecule has 0 fully saturated rings. The summed E-state index contributed by atoms with van der Waals surface area (Å²) in [4.78, 5) is 37.3. The van der Waals surface area contributed by atoms with Crippen LogP contribution in [-0.4, -0.2) is 37.9 Å². The molecule has 3 heterocycles. The first-order valence-corrected chi connectivity index (χ1v) is 10.8. The quantitative estimate of drug-likeness (QED) is 0.547. The largest absolute Gasteiger partial charge is 0.440 e. The lowest BCUT2D eigenvalue weighted by molar-refractivity contribution is -0.114. The van der Waals surface area contributed by atoms with Crippen LogP contribution in [0.15, 0.2) is 58.7 Å². The Balaban J connectivity index is 1.66. The van der Waals surface area contributed by atoms with E-state index in [4.69, 9.17) is 16.0 Å². The molecule has 10 heteroatoms. The van der Waals surface area contributed by atoms with Crippen LogP contribution in [0.3, 0.4) is 0 Å². The average molecular weight is 467 g/mol. The molecular weight excluding hydrogens is 444 g/mol. The van der Waals surface area contributed by atoms with Gasteiger partial charge >= 0.3 is 0 Å². The van der Waals surface area contributed by atoms with Gasteiger partial charge in [0.2, 0.25) is 11.8 Å². The molecule has 0 saturated heterocycles. The number of aryl methyl sites for hydroxylation is 1. The van der Waals surface area contributed by atoms with Crippen LogP contribution in [-0.2, 0) is 11.3 Å². The van der Waals surface area contributed by atoms with Gasteiger partial charge in [-0.3, -0.25) is 9.59 Å². The number of anilines is 1. The van der Waals surface area contributed by atoms with E-state index >= 15 is 0 Å². The summed E-state index contributed by atoms with van der Waals surface area (Å²) < 4.78 is 8.00. The second-order valence-electron chi connectivity index (χ2n) is 7.62. The molecule has 9 nitrogen and oxygen atoms in total. The van der Waals surface area contributed by atoms with Crippen molar-refractivity contribution in [3.05, 3.63) is 71.3 Å². The normalized spacial score (nSPS) is 15.2. The van der Waals surface area contributed by atoms with E-state index in [1.54, 1.807) is 30.9 Å². The monoisotopic (exact) mass is 466 g/mol. The summed E-state index contributed by atoms with van der Waals surface area (Å²) in [7, 11) is 0. The first-order valence-electron chi connectivity index (χ1n) is 10.4. The van der Waals surface area contributed by atoms with Gasteiger partial charge in [-0.1, -0.05) is 23.8 Å². The van der Waals surface area contributed by atoms with E-state index in [1.807, 2.05) is 29.8 Å². The number of hydrogen-bond donors (Lipinski definition) is 2. The van der Waals surface area contributed by atoms with Crippen molar-refractivity contribution in [2.75, 3.05) is 11.9 Å². The third-order valence-electron chi connectivity index (χ3n) is 5.13. The van der Waals surface area contributed by atoms with Crippen LogP contribution in [0, 0.1) is 6.92 Å². The number of allylic oxidation sites excluding steroid dienone is 4. The molecule has 4 rings (SSSR count). The fraction of sp³-hybridized carbons (Fsp3) is 0.261. The second kappa shape index (κ2) is 9.83. The number of hydrogen-bond acceptors (Lipinski definition) is 6. The van der Waals surface area contributed by atoms with E-state index in [1.165, 1.54) is 6.92 Å². The highest BCUT2D eigenvalue weighted by atomic mass is 35.5. The number of pyridine rings is 1. The maximum Gasteiger partial charge on any atom is 0.273 e. The maximum atomic E-state index is 13.1. The highest BCUT2D eigenvalue weighted by molar-refractivity contribution is 6.30. The zero-order valence-corrected chi connectivity index (χ0v) is 19.0. The number of amides is 2. The Kier molecular flexibility index (Phi) is 6.69. The second-order valence-corrected chi connectivity index (χ2v) is 8.06. The van der Waals surface area contributed by atoms with Gasteiger partial charge in [0, 0.05) is 49.2 Å². The first-order chi connectivity index (χ1) is 15.9. The summed E-state index contributed by atoms with van der Waals surface area (Å²) >= 11 is 6.46. The van der Waals surface area contributed by atoms with E-state index in [2.05, 4.69) is 25.6 Å². The minimum absolute atomic E-state index is 0.180. The van der Waals surface area contributed by atoms with Crippen LogP contribution in [0.5, 0.6) is 0 Å². The van der Waals surface area contributed by atoms with E-state index in [-0.39, 0.29) is 29.3 Å². The van der Waals surface area contributed by atoms with Crippen molar-refractivity contribution >= 4 is 29.2 Å². The Hall–Kier alpha value is -3.72. The van der Waals surface area contributed by atoms with E-state index in [0.29, 0.717) is 41.7 Å². The van der Waals surface area contributed by atoms with E-state index in [9.17, 15) is 9.59 Å². The molecule has 0 saturated carbocycles. The lowest BCUT2D eigenvalue weighted by atomic mass is 9.96. The topological polar surface area (TPSA) is 115 Å². The molecule has 0 spiro atoms. The fourth-order valence-corrected chi connectivity index (χ4v) is 3.75. The van der Waals surface area contributed by atoms with Gasteiger partial charge in [0.15, 0.2) is 5.69 Å². The average Bonchev–Trinajstić information content (AvgIpc) is 3.45. The number of carbonyl (C=O) groups excluding carboxylic acids is 2. The van der Waals surface area contributed by atoms with Crippen LogP contribution < -0.4 is 10.6 Å². The SMILES string of the molecule is CC(=O)Nc1cc(-c2nc(C(=O)NCCn3ccnc3)c(C3CC=CC=C3Cl)o2)c(C)cn1. The Bertz CT molecular complexity index is 1230. The molecule has 3 aromatic heterocycles. The molecule has 1 aliphatic rings. The minimum atomic E-state index is -0.354. The van der Waals surface area contributed by atoms with Crippen LogP contribution in [0.4, 0.5) is 5.82 Å². The maximum absolute atomic E-state index is 13.1. The number of oxazole rings is 1. The van der Waals surface area contributed by atoms with Gasteiger partial charge in [-0.25, -0.2) is 15.0 Å². The van der Waals surface area contributed by atoms with Crippen LogP contribution in [0.2, 0.25) is 0 Å². The van der Waals surface area contributed by atoms with E-state index in [0.717, 1.165) is 5.56 Å². The third kappa shape index (κ3) is 5.20. The molecule has 0 bridgehead atoms. The van der Waals surface area contributed by atoms with E-state index < -0.39 is 0 Å². The zero-order chi connectivity index (χ0) is 23.4. The third-order valence-corrected chi connectivity index (χ3v) is 5.52. The molecule has 170 valence electrons. The van der Waals surface area contributed by atoms with Gasteiger partial charge in [-0.15, -0.1) is 0 Å². The van der Waals surface area contributed by atoms with Gasteiger partial charge in [0.25, 0.3) is 5.91 Å². The molecule has 33 heavy (non-hydrogen) atoms. The van der Waals surface area contributed by atoms with Crippen molar-refractivity contribution < 1.29 is 14.0 Å².